The number of aliphatic carboxylic acids is 4. The van der Waals surface area contributed by atoms with Gasteiger partial charge in [-0.3, -0.25) is 29.0 Å². The van der Waals surface area contributed by atoms with Crippen molar-refractivity contribution < 1.29 is 62.8 Å². The monoisotopic (exact) mass is 621 g/mol. The zero-order valence-corrected chi connectivity index (χ0v) is 25.8. The summed E-state index contributed by atoms with van der Waals surface area (Å²) >= 11 is 0. The maximum absolute atomic E-state index is 13.8. The number of hydrogen-bond acceptors (Lipinski definition) is 10. The molecule has 0 saturated heterocycles. The van der Waals surface area contributed by atoms with Crippen LogP contribution in [0.4, 0.5) is 0 Å². The van der Waals surface area contributed by atoms with Crippen LogP contribution in [0.25, 0.3) is 0 Å². The molecule has 225 valence electrons. The van der Waals surface area contributed by atoms with E-state index in [1.54, 1.807) is 0 Å². The Morgan fingerprint density at radius 2 is 1.31 bits per heavy atom. The Labute approximate surface area is 262 Å². The summed E-state index contributed by atoms with van der Waals surface area (Å²) in [6.07, 6.45) is 0. The Morgan fingerprint density at radius 3 is 1.81 bits per heavy atom. The number of rotatable bonds is 13. The summed E-state index contributed by atoms with van der Waals surface area (Å²) < 4.78 is 30.9. The van der Waals surface area contributed by atoms with E-state index in [4.69, 9.17) is 4.18 Å². The van der Waals surface area contributed by atoms with Gasteiger partial charge in [0.25, 0.3) is 0 Å². The van der Waals surface area contributed by atoms with Gasteiger partial charge in [0.05, 0.1) is 26.2 Å². The zero-order chi connectivity index (χ0) is 30.0. The number of carboxylic acids is 4. The van der Waals surface area contributed by atoms with Gasteiger partial charge in [-0.15, -0.1) is 0 Å². The second-order valence-corrected chi connectivity index (χ2v) is 11.2. The predicted molar refractivity (Wildman–Crippen MR) is 146 cm³/mol. The number of aryl methyl sites for hydroxylation is 1. The minimum Gasteiger partial charge on any atom is -0.507 e. The molecule has 1 atom stereocenters. The summed E-state index contributed by atoms with van der Waals surface area (Å²) in [4.78, 5) is 47.9. The maximum Gasteiger partial charge on any atom is 0.325 e. The summed E-state index contributed by atoms with van der Waals surface area (Å²) in [7, 11) is -4.67. The minimum absolute atomic E-state index is 0. The second-order valence-electron chi connectivity index (χ2n) is 9.42. The predicted octanol–water partition coefficient (Wildman–Crippen LogP) is -0.788. The maximum atomic E-state index is 13.8. The first-order valence-electron chi connectivity index (χ1n) is 11.8. The van der Waals surface area contributed by atoms with Crippen molar-refractivity contribution >= 4 is 63.6 Å². The van der Waals surface area contributed by atoms with Crippen LogP contribution in [0.1, 0.15) is 27.8 Å². The number of phenols is 1. The van der Waals surface area contributed by atoms with Crippen molar-refractivity contribution in [2.75, 3.05) is 32.7 Å². The number of hydrogen-bond donors (Lipinski definition) is 5. The summed E-state index contributed by atoms with van der Waals surface area (Å²) in [6, 6.07) is 7.24. The minimum atomic E-state index is -4.67. The number of carboxylic acid groups (broad SMARTS) is 4. The van der Waals surface area contributed by atoms with Crippen LogP contribution in [0.5, 0.6) is 11.5 Å². The van der Waals surface area contributed by atoms with Crippen LogP contribution < -0.4 is 4.18 Å². The van der Waals surface area contributed by atoms with Crippen molar-refractivity contribution in [2.24, 2.45) is 0 Å². The number of aromatic hydroxyl groups is 1. The molecule has 1 aliphatic rings. The van der Waals surface area contributed by atoms with E-state index in [0.717, 1.165) is 9.80 Å². The summed E-state index contributed by atoms with van der Waals surface area (Å²) in [6.45, 7) is -1.20. The third kappa shape index (κ3) is 7.57. The molecule has 0 aliphatic carbocycles. The van der Waals surface area contributed by atoms with E-state index in [9.17, 15) is 53.1 Å². The molecule has 3 rings (SSSR count). The molecule has 1 aliphatic heterocycles. The average Bonchev–Trinajstić information content (AvgIpc) is 3.03. The first-order valence-corrected chi connectivity index (χ1v) is 13.2. The van der Waals surface area contributed by atoms with Gasteiger partial charge in [0, 0.05) is 53.8 Å². The molecule has 0 fully saturated rings. The van der Waals surface area contributed by atoms with E-state index < -0.39 is 78.0 Å². The molecule has 1 radical (unpaired) electrons. The van der Waals surface area contributed by atoms with Crippen LogP contribution in [-0.4, -0.2) is 135 Å². The number of fused-ring (bicyclic) bond motifs is 1. The molecule has 15 nitrogen and oxygen atoms in total. The third-order valence-electron chi connectivity index (χ3n) is 6.52. The summed E-state index contributed by atoms with van der Waals surface area (Å²) in [5.41, 5.74) is 0.456. The summed E-state index contributed by atoms with van der Waals surface area (Å²) in [5.74, 6) is -5.85. The van der Waals surface area contributed by atoms with Gasteiger partial charge in [0.15, 0.2) is 4.75 Å². The number of nitrogens with zero attached hydrogens (tertiary/aromatic N) is 2. The van der Waals surface area contributed by atoms with Crippen molar-refractivity contribution in [3.05, 3.63) is 58.1 Å². The number of para-hydroxylation sites is 1. The van der Waals surface area contributed by atoms with Crippen LogP contribution in [0.3, 0.4) is 0 Å². The van der Waals surface area contributed by atoms with Crippen molar-refractivity contribution in [3.63, 3.8) is 0 Å². The number of benzene rings is 2. The SMILES string of the molecule is Cc1cc(C2(CN(CC(=O)O)CC(=O)O)c3ccccc3OS2(=O)=O)c(C)c(CN(CC(=O)O)CC(=O)O)c1O.O.[Na]. The molecule has 0 spiro atoms. The van der Waals surface area contributed by atoms with E-state index >= 15 is 0 Å². The molecule has 1 heterocycles. The molecule has 0 bridgehead atoms. The molecule has 0 saturated carbocycles. The van der Waals surface area contributed by atoms with E-state index in [0.29, 0.717) is 0 Å². The largest absolute Gasteiger partial charge is 0.507 e. The van der Waals surface area contributed by atoms with Crippen LogP contribution in [0.15, 0.2) is 30.3 Å². The van der Waals surface area contributed by atoms with Gasteiger partial charge in [-0.2, -0.15) is 8.42 Å². The smallest absolute Gasteiger partial charge is 0.325 e. The van der Waals surface area contributed by atoms with Gasteiger partial charge in [-0.1, -0.05) is 24.3 Å². The second kappa shape index (κ2) is 14.3. The topological polar surface area (TPSA) is 251 Å². The molecule has 2 aromatic carbocycles. The fourth-order valence-corrected chi connectivity index (χ4v) is 6.73. The van der Waals surface area contributed by atoms with Crippen molar-refractivity contribution in [1.82, 2.24) is 9.80 Å². The quantitative estimate of drug-likeness (QED) is 0.136. The molecular formula is C25H30N2NaO13S. The third-order valence-corrected chi connectivity index (χ3v) is 8.35. The molecule has 1 unspecified atom stereocenters. The standard InChI is InChI=1S/C25H28N2O12S.Na.H2O/c1-14-7-18(15(2)16(24(14)36)8-26(9-20(28)29)10-21(30)31)25(13-27(11-22(32)33)12-23(34)35)17-5-3-4-6-19(17)39-40(25,37)38;;/h3-7,36H,8-13H2,1-2H3,(H,28,29)(H,30,31)(H,32,33)(H,34,35);;1H2. The van der Waals surface area contributed by atoms with Gasteiger partial charge in [0.1, 0.15) is 11.5 Å². The Kier molecular flexibility index (Phi) is 12.5. The molecule has 2 aromatic rings. The molecular weight excluding hydrogens is 591 g/mol. The van der Waals surface area contributed by atoms with Gasteiger partial charge >= 0.3 is 34.0 Å². The van der Waals surface area contributed by atoms with Gasteiger partial charge in [0.2, 0.25) is 0 Å². The first-order chi connectivity index (χ1) is 18.6. The van der Waals surface area contributed by atoms with Crippen molar-refractivity contribution in [3.8, 4) is 11.5 Å². The van der Waals surface area contributed by atoms with E-state index in [1.807, 2.05) is 0 Å². The van der Waals surface area contributed by atoms with Crippen molar-refractivity contribution in [1.29, 1.82) is 0 Å². The fraction of sp³-hybridized carbons (Fsp3) is 0.360. The normalized spacial score (nSPS) is 16.6. The van der Waals surface area contributed by atoms with Crippen LogP contribution in [-0.2, 0) is 40.6 Å². The van der Waals surface area contributed by atoms with Crippen LogP contribution in [0, 0.1) is 13.8 Å². The zero-order valence-electron chi connectivity index (χ0n) is 23.0. The Hall–Kier alpha value is -3.25. The van der Waals surface area contributed by atoms with Gasteiger partial charge < -0.3 is 35.2 Å². The van der Waals surface area contributed by atoms with Gasteiger partial charge in [-0.25, -0.2) is 0 Å². The number of phenolic OH excluding ortho intramolecular Hbond substituents is 1. The van der Waals surface area contributed by atoms with Crippen LogP contribution >= 0.6 is 0 Å². The fourth-order valence-electron chi connectivity index (χ4n) is 4.95. The molecule has 0 amide bonds. The Balaban J connectivity index is 0.00000441. The molecule has 17 heteroatoms. The number of carbonyl (C=O) groups is 4. The van der Waals surface area contributed by atoms with Crippen LogP contribution in [0.2, 0.25) is 0 Å². The Morgan fingerprint density at radius 1 is 0.833 bits per heavy atom. The van der Waals surface area contributed by atoms with Crippen molar-refractivity contribution in [2.45, 2.75) is 25.1 Å². The van der Waals surface area contributed by atoms with E-state index in [1.165, 1.54) is 44.2 Å². The Bertz CT molecular complexity index is 1450. The average molecular weight is 622 g/mol. The van der Waals surface area contributed by atoms with Gasteiger partial charge in [-0.05, 0) is 36.6 Å². The molecule has 42 heavy (non-hydrogen) atoms. The molecule has 7 N–H and O–H groups in total. The first kappa shape index (κ1) is 36.8. The van der Waals surface area contributed by atoms with E-state index in [-0.39, 0.29) is 74.3 Å². The van der Waals surface area contributed by atoms with E-state index in [2.05, 4.69) is 0 Å². The summed E-state index contributed by atoms with van der Waals surface area (Å²) in [5, 5.41) is 48.3. The molecule has 0 aromatic heterocycles.